The van der Waals surface area contributed by atoms with E-state index >= 15 is 0 Å². The molecule has 4 aliphatic rings. The van der Waals surface area contributed by atoms with Crippen LogP contribution in [0.1, 0.15) is 5.56 Å². The first-order chi connectivity index (χ1) is 14.3. The van der Waals surface area contributed by atoms with Gasteiger partial charge in [0.05, 0.1) is 18.4 Å². The van der Waals surface area contributed by atoms with Crippen LogP contribution in [-0.2, 0) is 6.54 Å². The number of hydrazone groups is 1. The molecular formula is C19H22ClN7O3. The molecule has 0 radical (unpaired) electrons. The third-order valence-electron chi connectivity index (χ3n) is 5.90. The van der Waals surface area contributed by atoms with E-state index in [0.717, 1.165) is 30.3 Å². The van der Waals surface area contributed by atoms with E-state index in [1.165, 1.54) is 9.80 Å². The van der Waals surface area contributed by atoms with Gasteiger partial charge in [-0.25, -0.2) is 9.59 Å². The molecule has 2 N–H and O–H groups in total. The highest BCUT2D eigenvalue weighted by Crippen LogP contribution is 2.42. The molecule has 1 spiro atoms. The SMILES string of the molecule is CN(C)C(=O)N1C=C2NN=C(N3CC4(CN(C(=O)O)C4)C3)N2c2ccc(Cl)cc2C1. The zero-order valence-corrected chi connectivity index (χ0v) is 17.4. The van der Waals surface area contributed by atoms with Crippen molar-refractivity contribution in [1.82, 2.24) is 25.0 Å². The zero-order valence-electron chi connectivity index (χ0n) is 16.7. The van der Waals surface area contributed by atoms with Gasteiger partial charge in [-0.05, 0) is 23.8 Å². The number of halogens is 1. The number of hydrogen-bond acceptors (Lipinski definition) is 6. The largest absolute Gasteiger partial charge is 0.465 e. The summed E-state index contributed by atoms with van der Waals surface area (Å²) in [6.07, 6.45) is 0.894. The fraction of sp³-hybridized carbons (Fsp3) is 0.421. The Labute approximate surface area is 178 Å². The second kappa shape index (κ2) is 6.43. The minimum atomic E-state index is -0.867. The monoisotopic (exact) mass is 431 g/mol. The quantitative estimate of drug-likeness (QED) is 0.648. The molecule has 0 saturated carbocycles. The summed E-state index contributed by atoms with van der Waals surface area (Å²) in [6.45, 7) is 2.98. The number of carboxylic acid groups (broad SMARTS) is 1. The number of carbonyl (C=O) groups is 2. The van der Waals surface area contributed by atoms with E-state index in [1.54, 1.807) is 25.2 Å². The Hall–Kier alpha value is -3.14. The van der Waals surface area contributed by atoms with Crippen LogP contribution in [0, 0.1) is 5.41 Å². The predicted octanol–water partition coefficient (Wildman–Crippen LogP) is 1.61. The molecule has 1 aromatic rings. The molecule has 4 heterocycles. The molecule has 0 aliphatic carbocycles. The van der Waals surface area contributed by atoms with Crippen LogP contribution in [0.5, 0.6) is 0 Å². The topological polar surface area (TPSA) is 95.0 Å². The summed E-state index contributed by atoms with van der Waals surface area (Å²) in [5, 5.41) is 14.2. The van der Waals surface area contributed by atoms with Gasteiger partial charge in [0.15, 0.2) is 5.82 Å². The second-order valence-corrected chi connectivity index (χ2v) is 8.88. The molecule has 30 heavy (non-hydrogen) atoms. The number of nitrogens with one attached hydrogen (secondary N) is 1. The van der Waals surface area contributed by atoms with Crippen molar-refractivity contribution in [3.05, 3.63) is 40.8 Å². The number of likely N-dealkylation sites (tertiary alicyclic amines) is 2. The third kappa shape index (κ3) is 2.82. The Balaban J connectivity index is 1.42. The zero-order chi connectivity index (χ0) is 21.2. The summed E-state index contributed by atoms with van der Waals surface area (Å²) in [4.78, 5) is 32.5. The van der Waals surface area contributed by atoms with Crippen molar-refractivity contribution in [3.63, 3.8) is 0 Å². The standard InChI is InChI=1S/C19H22ClN7O3/c1-23(2)17(28)24-6-12-5-13(20)3-4-14(12)27-15(7-24)21-22-16(27)25-8-19(9-25)10-26(11-19)18(29)30/h3-5,7,21H,6,8-11H2,1-2H3,(H,29,30). The van der Waals surface area contributed by atoms with Gasteiger partial charge in [0.2, 0.25) is 5.96 Å². The number of nitrogens with zero attached hydrogens (tertiary/aromatic N) is 6. The normalized spacial score (nSPS) is 20.9. The number of anilines is 1. The van der Waals surface area contributed by atoms with Crippen molar-refractivity contribution in [1.29, 1.82) is 0 Å². The Kier molecular flexibility index (Phi) is 4.04. The lowest BCUT2D eigenvalue weighted by molar-refractivity contribution is -0.0728. The highest BCUT2D eigenvalue weighted by molar-refractivity contribution is 6.30. The predicted molar refractivity (Wildman–Crippen MR) is 111 cm³/mol. The maximum Gasteiger partial charge on any atom is 0.407 e. The maximum absolute atomic E-state index is 12.7. The molecule has 0 unspecified atom stereocenters. The first-order valence-corrected chi connectivity index (χ1v) is 9.99. The highest BCUT2D eigenvalue weighted by Gasteiger charge is 2.55. The number of guanidine groups is 1. The summed E-state index contributed by atoms with van der Waals surface area (Å²) in [5.41, 5.74) is 4.88. The van der Waals surface area contributed by atoms with Gasteiger partial charge in [-0.3, -0.25) is 15.2 Å². The van der Waals surface area contributed by atoms with Crippen LogP contribution in [0.4, 0.5) is 15.3 Å². The minimum absolute atomic E-state index is 0.00891. The summed E-state index contributed by atoms with van der Waals surface area (Å²) < 4.78 is 0. The maximum atomic E-state index is 12.7. The van der Waals surface area contributed by atoms with Crippen LogP contribution >= 0.6 is 11.6 Å². The Morgan fingerprint density at radius 2 is 1.97 bits per heavy atom. The van der Waals surface area contributed by atoms with Crippen LogP contribution in [-0.4, -0.2) is 83.1 Å². The first kappa shape index (κ1) is 18.9. The van der Waals surface area contributed by atoms with Crippen LogP contribution < -0.4 is 10.3 Å². The summed E-state index contributed by atoms with van der Waals surface area (Å²) in [6, 6.07) is 5.49. The molecular weight excluding hydrogens is 410 g/mol. The highest BCUT2D eigenvalue weighted by atomic mass is 35.5. The molecule has 158 valence electrons. The molecule has 11 heteroatoms. The fourth-order valence-corrected chi connectivity index (χ4v) is 4.70. The van der Waals surface area contributed by atoms with Crippen LogP contribution in [0.3, 0.4) is 0 Å². The van der Waals surface area contributed by atoms with Crippen molar-refractivity contribution < 1.29 is 14.7 Å². The van der Waals surface area contributed by atoms with E-state index in [0.29, 0.717) is 30.5 Å². The van der Waals surface area contributed by atoms with Crippen LogP contribution in [0.25, 0.3) is 0 Å². The van der Waals surface area contributed by atoms with Crippen molar-refractivity contribution in [3.8, 4) is 0 Å². The molecule has 5 rings (SSSR count). The lowest BCUT2D eigenvalue weighted by Gasteiger charge is -2.60. The minimum Gasteiger partial charge on any atom is -0.465 e. The van der Waals surface area contributed by atoms with E-state index in [4.69, 9.17) is 16.7 Å². The van der Waals surface area contributed by atoms with Gasteiger partial charge < -0.3 is 19.8 Å². The molecule has 0 aromatic heterocycles. The van der Waals surface area contributed by atoms with Crippen molar-refractivity contribution in [2.75, 3.05) is 45.2 Å². The Morgan fingerprint density at radius 3 is 2.63 bits per heavy atom. The van der Waals surface area contributed by atoms with E-state index in [2.05, 4.69) is 15.4 Å². The fourth-order valence-electron chi connectivity index (χ4n) is 4.51. The summed E-state index contributed by atoms with van der Waals surface area (Å²) in [7, 11) is 3.43. The van der Waals surface area contributed by atoms with Gasteiger partial charge >= 0.3 is 12.1 Å². The number of amides is 3. The van der Waals surface area contributed by atoms with Gasteiger partial charge in [0, 0.05) is 50.7 Å². The molecule has 10 nitrogen and oxygen atoms in total. The molecule has 2 saturated heterocycles. The second-order valence-electron chi connectivity index (χ2n) is 8.45. The summed E-state index contributed by atoms with van der Waals surface area (Å²) in [5.74, 6) is 1.42. The average molecular weight is 432 g/mol. The number of fused-ring (bicyclic) bond motifs is 3. The number of benzene rings is 1. The number of carbonyl (C=O) groups excluding carboxylic acids is 1. The Bertz CT molecular complexity index is 994. The van der Waals surface area contributed by atoms with Crippen molar-refractivity contribution >= 4 is 35.4 Å². The smallest absolute Gasteiger partial charge is 0.407 e. The molecule has 4 aliphatic heterocycles. The molecule has 1 aromatic carbocycles. The molecule has 3 amide bonds. The van der Waals surface area contributed by atoms with Crippen molar-refractivity contribution in [2.45, 2.75) is 6.54 Å². The van der Waals surface area contributed by atoms with Crippen LogP contribution in [0.15, 0.2) is 35.3 Å². The van der Waals surface area contributed by atoms with E-state index in [1.807, 2.05) is 23.1 Å². The Morgan fingerprint density at radius 1 is 1.23 bits per heavy atom. The number of urea groups is 1. The lowest BCUT2D eigenvalue weighted by Crippen LogP contribution is -2.74. The molecule has 0 atom stereocenters. The van der Waals surface area contributed by atoms with Crippen LogP contribution in [0.2, 0.25) is 5.02 Å². The molecule has 2 fully saturated rings. The van der Waals surface area contributed by atoms with Crippen molar-refractivity contribution in [2.24, 2.45) is 10.5 Å². The van der Waals surface area contributed by atoms with Gasteiger partial charge in [-0.2, -0.15) is 0 Å². The third-order valence-corrected chi connectivity index (χ3v) is 6.13. The average Bonchev–Trinajstić information content (AvgIpc) is 2.93. The van der Waals surface area contributed by atoms with E-state index in [9.17, 15) is 9.59 Å². The lowest BCUT2D eigenvalue weighted by atomic mass is 9.73. The molecule has 0 bridgehead atoms. The number of hydrogen-bond donors (Lipinski definition) is 2. The van der Waals surface area contributed by atoms with Gasteiger partial charge in [-0.15, -0.1) is 5.10 Å². The van der Waals surface area contributed by atoms with Gasteiger partial charge in [0.25, 0.3) is 0 Å². The van der Waals surface area contributed by atoms with E-state index in [-0.39, 0.29) is 11.4 Å². The van der Waals surface area contributed by atoms with E-state index < -0.39 is 6.09 Å². The summed E-state index contributed by atoms with van der Waals surface area (Å²) >= 11 is 6.24. The number of rotatable bonds is 0. The van der Waals surface area contributed by atoms with Gasteiger partial charge in [0.1, 0.15) is 0 Å². The first-order valence-electron chi connectivity index (χ1n) is 9.61. The van der Waals surface area contributed by atoms with Gasteiger partial charge in [-0.1, -0.05) is 11.6 Å².